The number of unbranched alkanes of at least 4 members (excludes halogenated alkanes) is 1. The molecule has 2 aliphatic rings. The first-order valence-electron chi connectivity index (χ1n) is 12.3. The van der Waals surface area contributed by atoms with Gasteiger partial charge in [-0.2, -0.15) is 9.65 Å². The minimum absolute atomic E-state index is 0.379. The van der Waals surface area contributed by atoms with Crippen LogP contribution in [-0.4, -0.2) is 12.7 Å². The monoisotopic (exact) mass is 423 g/mol. The molecule has 2 aliphatic carbocycles. The molecule has 0 bridgehead atoms. The van der Waals surface area contributed by atoms with E-state index in [1.165, 1.54) is 68.2 Å². The fourth-order valence-corrected chi connectivity index (χ4v) is 5.05. The molecule has 1 aromatic carbocycles. The Morgan fingerprint density at radius 2 is 1.77 bits per heavy atom. The van der Waals surface area contributed by atoms with Gasteiger partial charge in [0.25, 0.3) is 0 Å². The molecule has 0 atom stereocenters. The van der Waals surface area contributed by atoms with Gasteiger partial charge in [0.2, 0.25) is 0 Å². The summed E-state index contributed by atoms with van der Waals surface area (Å²) >= 11 is 0. The lowest BCUT2D eigenvalue weighted by Crippen LogP contribution is -2.25. The van der Waals surface area contributed by atoms with E-state index in [1.807, 2.05) is 6.08 Å². The maximum Gasteiger partial charge on any atom is 0.199 e. The van der Waals surface area contributed by atoms with Crippen molar-refractivity contribution in [1.29, 1.82) is 5.26 Å². The second-order valence-corrected chi connectivity index (χ2v) is 9.44. The third-order valence-corrected chi connectivity index (χ3v) is 7.14. The molecule has 0 heterocycles. The third-order valence-electron chi connectivity index (χ3n) is 7.14. The average molecular weight is 424 g/mol. The molecule has 2 saturated carbocycles. The molecule has 0 unspecified atom stereocenters. The van der Waals surface area contributed by atoms with Gasteiger partial charge in [-0.25, -0.2) is 0 Å². The van der Waals surface area contributed by atoms with Crippen LogP contribution in [0.5, 0.6) is 0 Å². The number of aryl methyl sites for hydroxylation is 1. The van der Waals surface area contributed by atoms with Crippen molar-refractivity contribution in [3.63, 3.8) is 0 Å². The number of nitrogens with zero attached hydrogens (tertiary/aromatic N) is 1. The highest BCUT2D eigenvalue weighted by atomic mass is 19.1. The zero-order chi connectivity index (χ0) is 21.9. The lowest BCUT2D eigenvalue weighted by atomic mass is 9.78. The first kappa shape index (κ1) is 23.7. The molecule has 1 aromatic rings. The van der Waals surface area contributed by atoms with E-state index in [9.17, 15) is 4.39 Å². The summed E-state index contributed by atoms with van der Waals surface area (Å²) in [7, 11) is 0. The van der Waals surface area contributed by atoms with E-state index in [2.05, 4.69) is 31.2 Å². The Balaban J connectivity index is 1.32. The Hall–Kier alpha value is -1.92. The Labute approximate surface area is 188 Å². The largest absolute Gasteiger partial charge is 0.378 e. The summed E-state index contributed by atoms with van der Waals surface area (Å²) in [5.74, 6) is 1.17. The molecule has 3 heteroatoms. The van der Waals surface area contributed by atoms with Gasteiger partial charge in [0.15, 0.2) is 5.83 Å². The number of benzene rings is 1. The highest BCUT2D eigenvalue weighted by Gasteiger charge is 2.25. The standard InChI is InChI=1S/C28H38FNO/c1-2-3-5-22-8-14-25(15-9-22)26-16-10-24(11-17-26)21-31-28-18-12-23(13-19-28)6-4-7-27(29)20-30/h4,6-9,14-15,23-24,26,28H,2-3,5,10-13,16-19,21H2,1H3. The molecule has 31 heavy (non-hydrogen) atoms. The van der Waals surface area contributed by atoms with Crippen LogP contribution in [0.25, 0.3) is 0 Å². The van der Waals surface area contributed by atoms with E-state index in [4.69, 9.17) is 10.00 Å². The molecular formula is C28H38FNO. The minimum Gasteiger partial charge on any atom is -0.378 e. The Bertz CT molecular complexity index is 744. The topological polar surface area (TPSA) is 33.0 Å². The molecule has 2 nitrogen and oxygen atoms in total. The Morgan fingerprint density at radius 1 is 1.06 bits per heavy atom. The van der Waals surface area contributed by atoms with Crippen molar-refractivity contribution in [3.05, 3.63) is 59.4 Å². The van der Waals surface area contributed by atoms with Crippen LogP contribution < -0.4 is 0 Å². The number of hydrogen-bond donors (Lipinski definition) is 0. The molecule has 2 fully saturated rings. The van der Waals surface area contributed by atoms with Gasteiger partial charge < -0.3 is 4.74 Å². The molecule has 168 valence electrons. The zero-order valence-corrected chi connectivity index (χ0v) is 19.1. The first-order valence-corrected chi connectivity index (χ1v) is 12.3. The van der Waals surface area contributed by atoms with E-state index in [-0.39, 0.29) is 0 Å². The second-order valence-electron chi connectivity index (χ2n) is 9.44. The fraction of sp³-hybridized carbons (Fsp3) is 0.607. The predicted octanol–water partition coefficient (Wildman–Crippen LogP) is 7.81. The van der Waals surface area contributed by atoms with E-state index < -0.39 is 5.83 Å². The van der Waals surface area contributed by atoms with Gasteiger partial charge in [0.1, 0.15) is 6.07 Å². The second kappa shape index (κ2) is 12.8. The van der Waals surface area contributed by atoms with Crippen LogP contribution >= 0.6 is 0 Å². The molecule has 0 amide bonds. The molecule has 0 aromatic heterocycles. The summed E-state index contributed by atoms with van der Waals surface area (Å²) in [6.45, 7) is 3.16. The first-order chi connectivity index (χ1) is 15.2. The van der Waals surface area contributed by atoms with Crippen molar-refractivity contribution >= 4 is 0 Å². The van der Waals surface area contributed by atoms with Crippen molar-refractivity contribution in [1.82, 2.24) is 0 Å². The van der Waals surface area contributed by atoms with Gasteiger partial charge in [0.05, 0.1) is 6.10 Å². The van der Waals surface area contributed by atoms with E-state index >= 15 is 0 Å². The summed E-state index contributed by atoms with van der Waals surface area (Å²) in [6.07, 6.45) is 18.5. The lowest BCUT2D eigenvalue weighted by Gasteiger charge is -2.32. The summed E-state index contributed by atoms with van der Waals surface area (Å²) in [5.41, 5.74) is 3.00. The third kappa shape index (κ3) is 7.93. The predicted molar refractivity (Wildman–Crippen MR) is 125 cm³/mol. The van der Waals surface area contributed by atoms with E-state index in [1.54, 1.807) is 6.08 Å². The Kier molecular flexibility index (Phi) is 9.82. The van der Waals surface area contributed by atoms with Crippen molar-refractivity contribution in [3.8, 4) is 6.07 Å². The van der Waals surface area contributed by atoms with Crippen LogP contribution in [0.2, 0.25) is 0 Å². The molecule has 0 radical (unpaired) electrons. The van der Waals surface area contributed by atoms with Gasteiger partial charge in [-0.15, -0.1) is 0 Å². The maximum atomic E-state index is 12.8. The van der Waals surface area contributed by atoms with Crippen molar-refractivity contribution < 1.29 is 9.13 Å². The maximum absolute atomic E-state index is 12.8. The van der Waals surface area contributed by atoms with Gasteiger partial charge in [-0.1, -0.05) is 49.8 Å². The van der Waals surface area contributed by atoms with Crippen LogP contribution in [0, 0.1) is 23.2 Å². The van der Waals surface area contributed by atoms with E-state index in [0.29, 0.717) is 17.9 Å². The van der Waals surface area contributed by atoms with Crippen LogP contribution in [-0.2, 0) is 11.2 Å². The van der Waals surface area contributed by atoms with Crippen LogP contribution in [0.3, 0.4) is 0 Å². The molecular weight excluding hydrogens is 385 g/mol. The number of halogens is 1. The summed E-state index contributed by atoms with van der Waals surface area (Å²) in [5, 5.41) is 8.44. The lowest BCUT2D eigenvalue weighted by molar-refractivity contribution is -0.00456. The molecule has 3 rings (SSSR count). The van der Waals surface area contributed by atoms with Crippen LogP contribution in [0.15, 0.2) is 48.3 Å². The number of nitriles is 1. The van der Waals surface area contributed by atoms with Crippen molar-refractivity contribution in [2.45, 2.75) is 89.6 Å². The average Bonchev–Trinajstić information content (AvgIpc) is 2.83. The van der Waals surface area contributed by atoms with Gasteiger partial charge in [-0.05, 0) is 99.2 Å². The molecule has 0 spiro atoms. The molecule has 0 saturated heterocycles. The van der Waals surface area contributed by atoms with Crippen molar-refractivity contribution in [2.75, 3.05) is 6.61 Å². The van der Waals surface area contributed by atoms with E-state index in [0.717, 1.165) is 38.2 Å². The number of rotatable bonds is 9. The van der Waals surface area contributed by atoms with Crippen LogP contribution in [0.4, 0.5) is 4.39 Å². The number of hydrogen-bond acceptors (Lipinski definition) is 2. The fourth-order valence-electron chi connectivity index (χ4n) is 5.05. The number of ether oxygens (including phenoxy) is 1. The highest BCUT2D eigenvalue weighted by Crippen LogP contribution is 2.37. The van der Waals surface area contributed by atoms with Gasteiger partial charge in [0, 0.05) is 6.61 Å². The molecule has 0 N–H and O–H groups in total. The van der Waals surface area contributed by atoms with Crippen molar-refractivity contribution in [2.24, 2.45) is 11.8 Å². The van der Waals surface area contributed by atoms with Crippen LogP contribution in [0.1, 0.15) is 88.2 Å². The smallest absolute Gasteiger partial charge is 0.199 e. The quantitative estimate of drug-likeness (QED) is 0.300. The summed E-state index contributed by atoms with van der Waals surface area (Å²) < 4.78 is 19.1. The normalized spacial score (nSPS) is 27.3. The summed E-state index contributed by atoms with van der Waals surface area (Å²) in [4.78, 5) is 0. The molecule has 0 aliphatic heterocycles. The minimum atomic E-state index is -0.730. The SMILES string of the molecule is CCCCc1ccc(C2CCC(COC3CCC(C=CC=C(F)C#N)CC3)CC2)cc1. The Morgan fingerprint density at radius 3 is 2.42 bits per heavy atom. The van der Waals surface area contributed by atoms with Gasteiger partial charge >= 0.3 is 0 Å². The zero-order valence-electron chi connectivity index (χ0n) is 19.1. The van der Waals surface area contributed by atoms with Gasteiger partial charge in [-0.3, -0.25) is 0 Å². The number of allylic oxidation sites excluding steroid dienone is 4. The summed E-state index contributed by atoms with van der Waals surface area (Å²) in [6, 6.07) is 10.9. The highest BCUT2D eigenvalue weighted by molar-refractivity contribution is 5.26.